The summed E-state index contributed by atoms with van der Waals surface area (Å²) in [4.78, 5) is 18.2. The average molecular weight is 256 g/mol. The van der Waals surface area contributed by atoms with Crippen LogP contribution in [-0.4, -0.2) is 34.0 Å². The van der Waals surface area contributed by atoms with Crippen molar-refractivity contribution < 1.29 is 9.90 Å². The fourth-order valence-electron chi connectivity index (χ4n) is 1.70. The molecular weight excluding hydrogens is 236 g/mol. The van der Waals surface area contributed by atoms with E-state index in [2.05, 4.69) is 25.8 Å². The van der Waals surface area contributed by atoms with Crippen molar-refractivity contribution >= 4 is 17.3 Å². The summed E-state index contributed by atoms with van der Waals surface area (Å²) in [7, 11) is 0. The molecule has 5 heteroatoms. The van der Waals surface area contributed by atoms with E-state index >= 15 is 0 Å². The van der Waals surface area contributed by atoms with Crippen LogP contribution in [0.25, 0.3) is 0 Å². The zero-order valence-corrected chi connectivity index (χ0v) is 11.7. The molecule has 0 bridgehead atoms. The second-order valence-corrected chi connectivity index (χ2v) is 6.78. The van der Waals surface area contributed by atoms with Gasteiger partial charge < -0.3 is 5.11 Å². The number of hydrogen-bond acceptors (Lipinski definition) is 4. The minimum absolute atomic E-state index is 0.0654. The molecule has 0 atom stereocenters. The van der Waals surface area contributed by atoms with Crippen molar-refractivity contribution in [2.75, 3.05) is 13.1 Å². The van der Waals surface area contributed by atoms with E-state index in [0.717, 1.165) is 16.4 Å². The standard InChI is InChI=1S/C12H20N2O2S/c1-9-5-13-10(17-9)6-14(7-11(15)16)8-12(2,3)4/h5H,6-8H2,1-4H3,(H,15,16). The van der Waals surface area contributed by atoms with Gasteiger partial charge in [-0.25, -0.2) is 4.98 Å². The summed E-state index contributed by atoms with van der Waals surface area (Å²) in [6.07, 6.45) is 1.83. The lowest BCUT2D eigenvalue weighted by Gasteiger charge is -2.27. The first-order valence-electron chi connectivity index (χ1n) is 5.62. The fourth-order valence-corrected chi connectivity index (χ4v) is 2.53. The van der Waals surface area contributed by atoms with Crippen molar-refractivity contribution in [3.05, 3.63) is 16.1 Å². The minimum Gasteiger partial charge on any atom is -0.480 e. The first-order chi connectivity index (χ1) is 7.76. The summed E-state index contributed by atoms with van der Waals surface area (Å²) in [6, 6.07) is 0. The Balaban J connectivity index is 2.66. The van der Waals surface area contributed by atoms with E-state index in [4.69, 9.17) is 5.11 Å². The highest BCUT2D eigenvalue weighted by Gasteiger charge is 2.19. The van der Waals surface area contributed by atoms with Crippen LogP contribution < -0.4 is 0 Å². The zero-order chi connectivity index (χ0) is 13.1. The molecule has 17 heavy (non-hydrogen) atoms. The summed E-state index contributed by atoms with van der Waals surface area (Å²) in [5, 5.41) is 9.88. The zero-order valence-electron chi connectivity index (χ0n) is 10.9. The highest BCUT2D eigenvalue weighted by Crippen LogP contribution is 2.19. The Labute approximate surface area is 106 Å². The van der Waals surface area contributed by atoms with E-state index in [-0.39, 0.29) is 12.0 Å². The maximum atomic E-state index is 10.8. The number of aliphatic carboxylic acids is 1. The number of thiazole rings is 1. The average Bonchev–Trinajstić information content (AvgIpc) is 2.46. The summed E-state index contributed by atoms with van der Waals surface area (Å²) in [5.74, 6) is -0.789. The third kappa shape index (κ3) is 5.79. The first kappa shape index (κ1) is 14.1. The van der Waals surface area contributed by atoms with Gasteiger partial charge in [0.05, 0.1) is 13.1 Å². The van der Waals surface area contributed by atoms with Gasteiger partial charge in [0.1, 0.15) is 5.01 Å². The maximum Gasteiger partial charge on any atom is 0.317 e. The molecule has 1 rings (SSSR count). The summed E-state index contributed by atoms with van der Waals surface area (Å²) in [6.45, 7) is 9.75. The normalized spacial score (nSPS) is 12.1. The van der Waals surface area contributed by atoms with Gasteiger partial charge in [0.25, 0.3) is 0 Å². The molecule has 0 aromatic carbocycles. The second-order valence-electron chi connectivity index (χ2n) is 5.46. The SMILES string of the molecule is Cc1cnc(CN(CC(=O)O)CC(C)(C)C)s1. The lowest BCUT2D eigenvalue weighted by atomic mass is 9.96. The predicted molar refractivity (Wildman–Crippen MR) is 69.2 cm³/mol. The van der Waals surface area contributed by atoms with Crippen molar-refractivity contribution in [1.82, 2.24) is 9.88 Å². The van der Waals surface area contributed by atoms with Crippen LogP contribution in [-0.2, 0) is 11.3 Å². The van der Waals surface area contributed by atoms with Crippen LogP contribution in [0.15, 0.2) is 6.20 Å². The van der Waals surface area contributed by atoms with Gasteiger partial charge in [-0.1, -0.05) is 20.8 Å². The topological polar surface area (TPSA) is 53.4 Å². The number of carboxylic acid groups (broad SMARTS) is 1. The molecule has 0 amide bonds. The van der Waals surface area contributed by atoms with Gasteiger partial charge in [-0.3, -0.25) is 9.69 Å². The molecule has 0 radical (unpaired) electrons. The molecule has 0 saturated heterocycles. The van der Waals surface area contributed by atoms with Crippen molar-refractivity contribution in [3.8, 4) is 0 Å². The Morgan fingerprint density at radius 1 is 1.53 bits per heavy atom. The second kappa shape index (κ2) is 5.60. The van der Waals surface area contributed by atoms with Gasteiger partial charge in [0.15, 0.2) is 0 Å². The molecule has 1 aromatic heterocycles. The molecule has 1 aromatic rings. The Morgan fingerprint density at radius 2 is 2.18 bits per heavy atom. The van der Waals surface area contributed by atoms with Crippen LogP contribution >= 0.6 is 11.3 Å². The first-order valence-corrected chi connectivity index (χ1v) is 6.43. The Bertz CT molecular complexity index is 382. The molecule has 0 fully saturated rings. The smallest absolute Gasteiger partial charge is 0.317 e. The number of hydrogen-bond donors (Lipinski definition) is 1. The van der Waals surface area contributed by atoms with Crippen molar-refractivity contribution in [1.29, 1.82) is 0 Å². The molecule has 0 unspecified atom stereocenters. The van der Waals surface area contributed by atoms with Gasteiger partial charge in [-0.2, -0.15) is 0 Å². The van der Waals surface area contributed by atoms with Crippen molar-refractivity contribution in [3.63, 3.8) is 0 Å². The number of aryl methyl sites for hydroxylation is 1. The third-order valence-electron chi connectivity index (χ3n) is 2.08. The molecule has 1 N–H and O–H groups in total. The van der Waals surface area contributed by atoms with E-state index in [0.29, 0.717) is 6.54 Å². The van der Waals surface area contributed by atoms with E-state index in [1.54, 1.807) is 11.3 Å². The lowest BCUT2D eigenvalue weighted by Crippen LogP contribution is -2.36. The molecule has 1 heterocycles. The van der Waals surface area contributed by atoms with Crippen LogP contribution in [0.5, 0.6) is 0 Å². The molecule has 96 valence electrons. The number of aromatic nitrogens is 1. The van der Waals surface area contributed by atoms with Crippen molar-refractivity contribution in [2.45, 2.75) is 34.2 Å². The van der Waals surface area contributed by atoms with Gasteiger partial charge in [-0.05, 0) is 12.3 Å². The number of carbonyl (C=O) groups is 1. The molecular formula is C12H20N2O2S. The Hall–Kier alpha value is -0.940. The highest BCUT2D eigenvalue weighted by molar-refractivity contribution is 7.11. The van der Waals surface area contributed by atoms with Crippen molar-refractivity contribution in [2.24, 2.45) is 5.41 Å². The molecule has 0 aliphatic heterocycles. The van der Waals surface area contributed by atoms with E-state index in [1.165, 1.54) is 0 Å². The summed E-state index contributed by atoms with van der Waals surface area (Å²) in [5.41, 5.74) is 0.0851. The van der Waals surface area contributed by atoms with Gasteiger partial charge >= 0.3 is 5.97 Å². The quantitative estimate of drug-likeness (QED) is 0.879. The number of rotatable bonds is 5. The molecule has 0 aliphatic carbocycles. The number of nitrogens with zero attached hydrogens (tertiary/aromatic N) is 2. The van der Waals surface area contributed by atoms with Gasteiger partial charge in [0, 0.05) is 17.6 Å². The van der Waals surface area contributed by atoms with Gasteiger partial charge in [0.2, 0.25) is 0 Å². The predicted octanol–water partition coefficient (Wildman–Crippen LogP) is 2.38. The van der Waals surface area contributed by atoms with Crippen LogP contribution in [0.1, 0.15) is 30.7 Å². The van der Waals surface area contributed by atoms with E-state index in [9.17, 15) is 4.79 Å². The largest absolute Gasteiger partial charge is 0.480 e. The third-order valence-corrected chi connectivity index (χ3v) is 2.98. The Morgan fingerprint density at radius 3 is 2.59 bits per heavy atom. The molecule has 0 aliphatic rings. The summed E-state index contributed by atoms with van der Waals surface area (Å²) < 4.78 is 0. The van der Waals surface area contributed by atoms with Crippen LogP contribution in [0.3, 0.4) is 0 Å². The van der Waals surface area contributed by atoms with Gasteiger partial charge in [-0.15, -0.1) is 11.3 Å². The lowest BCUT2D eigenvalue weighted by molar-refractivity contribution is -0.138. The number of carboxylic acids is 1. The molecule has 0 spiro atoms. The highest BCUT2D eigenvalue weighted by atomic mass is 32.1. The van der Waals surface area contributed by atoms with Crippen LogP contribution in [0.2, 0.25) is 0 Å². The van der Waals surface area contributed by atoms with Crippen LogP contribution in [0, 0.1) is 12.3 Å². The summed E-state index contributed by atoms with van der Waals surface area (Å²) >= 11 is 1.62. The minimum atomic E-state index is -0.789. The van der Waals surface area contributed by atoms with E-state index in [1.807, 2.05) is 18.0 Å². The Kier molecular flexibility index (Phi) is 4.65. The molecule has 0 saturated carbocycles. The maximum absolute atomic E-state index is 10.8. The fraction of sp³-hybridized carbons (Fsp3) is 0.667. The monoisotopic (exact) mass is 256 g/mol. The van der Waals surface area contributed by atoms with E-state index < -0.39 is 5.97 Å². The molecule has 4 nitrogen and oxygen atoms in total. The van der Waals surface area contributed by atoms with Crippen LogP contribution in [0.4, 0.5) is 0 Å².